The van der Waals surface area contributed by atoms with Crippen LogP contribution in [0.4, 0.5) is 13.2 Å². The number of halogens is 3. The van der Waals surface area contributed by atoms with Gasteiger partial charge in [-0.05, 0) is 19.9 Å². The maximum atomic E-state index is 12.0. The number of rotatable bonds is 1. The van der Waals surface area contributed by atoms with E-state index in [9.17, 15) is 13.2 Å². The largest absolute Gasteiger partial charge is 0.435 e. The molecular weight excluding hydrogens is 169 g/mol. The molecular formula is C7H9F3N2. The molecule has 0 N–H and O–H groups in total. The summed E-state index contributed by atoms with van der Waals surface area (Å²) in [6, 6.07) is 0.932. The molecule has 0 amide bonds. The van der Waals surface area contributed by atoms with Crippen LogP contribution in [0.2, 0.25) is 0 Å². The molecule has 0 atom stereocenters. The topological polar surface area (TPSA) is 17.8 Å². The lowest BCUT2D eigenvalue weighted by molar-refractivity contribution is -0.141. The van der Waals surface area contributed by atoms with Crippen molar-refractivity contribution in [3.63, 3.8) is 0 Å². The molecule has 0 unspecified atom stereocenters. The number of hydrogen-bond acceptors (Lipinski definition) is 1. The van der Waals surface area contributed by atoms with Crippen molar-refractivity contribution in [3.05, 3.63) is 18.0 Å². The van der Waals surface area contributed by atoms with Gasteiger partial charge in [0, 0.05) is 12.2 Å². The first-order chi connectivity index (χ1) is 5.41. The normalized spacial score (nSPS) is 12.5. The van der Waals surface area contributed by atoms with Gasteiger partial charge in [-0.1, -0.05) is 0 Å². The summed E-state index contributed by atoms with van der Waals surface area (Å²) in [5, 5.41) is 3.37. The molecule has 0 aliphatic rings. The molecule has 0 aromatic carbocycles. The summed E-state index contributed by atoms with van der Waals surface area (Å²) in [5.74, 6) is 0. The van der Waals surface area contributed by atoms with Crippen molar-refractivity contribution < 1.29 is 13.2 Å². The van der Waals surface area contributed by atoms with Gasteiger partial charge >= 0.3 is 6.18 Å². The van der Waals surface area contributed by atoms with E-state index < -0.39 is 11.9 Å². The summed E-state index contributed by atoms with van der Waals surface area (Å²) >= 11 is 0. The molecule has 0 fully saturated rings. The molecule has 0 saturated carbocycles. The van der Waals surface area contributed by atoms with Gasteiger partial charge in [0.05, 0.1) is 0 Å². The second-order valence-electron chi connectivity index (χ2n) is 2.77. The summed E-state index contributed by atoms with van der Waals surface area (Å²) < 4.78 is 37.2. The highest BCUT2D eigenvalue weighted by Crippen LogP contribution is 2.27. The second kappa shape index (κ2) is 2.80. The quantitative estimate of drug-likeness (QED) is 0.646. The van der Waals surface area contributed by atoms with Gasteiger partial charge in [-0.25, -0.2) is 0 Å². The van der Waals surface area contributed by atoms with Gasteiger partial charge in [-0.15, -0.1) is 0 Å². The molecule has 0 aliphatic carbocycles. The van der Waals surface area contributed by atoms with Gasteiger partial charge in [0.1, 0.15) is 0 Å². The average molecular weight is 178 g/mol. The molecule has 0 saturated heterocycles. The van der Waals surface area contributed by atoms with Crippen molar-refractivity contribution in [2.75, 3.05) is 0 Å². The predicted octanol–water partition coefficient (Wildman–Crippen LogP) is 2.48. The molecule has 0 spiro atoms. The minimum atomic E-state index is -4.33. The lowest BCUT2D eigenvalue weighted by atomic mass is 10.4. The Morgan fingerprint density at radius 1 is 1.42 bits per heavy atom. The van der Waals surface area contributed by atoms with E-state index in [1.807, 2.05) is 0 Å². The van der Waals surface area contributed by atoms with E-state index in [-0.39, 0.29) is 6.04 Å². The van der Waals surface area contributed by atoms with E-state index in [1.165, 1.54) is 10.9 Å². The molecule has 5 heteroatoms. The van der Waals surface area contributed by atoms with Gasteiger partial charge in [0.2, 0.25) is 0 Å². The molecule has 68 valence electrons. The van der Waals surface area contributed by atoms with Crippen LogP contribution in [0.25, 0.3) is 0 Å². The molecule has 12 heavy (non-hydrogen) atoms. The fraction of sp³-hybridized carbons (Fsp3) is 0.571. The Morgan fingerprint density at radius 3 is 2.25 bits per heavy atom. The maximum Gasteiger partial charge on any atom is 0.435 e. The van der Waals surface area contributed by atoms with Crippen LogP contribution >= 0.6 is 0 Å². The van der Waals surface area contributed by atoms with Crippen LogP contribution < -0.4 is 0 Å². The fourth-order valence-corrected chi connectivity index (χ4v) is 0.777. The number of hydrogen-bond donors (Lipinski definition) is 0. The zero-order chi connectivity index (χ0) is 9.35. The third kappa shape index (κ3) is 1.78. The van der Waals surface area contributed by atoms with E-state index in [2.05, 4.69) is 5.10 Å². The van der Waals surface area contributed by atoms with Crippen LogP contribution in [-0.4, -0.2) is 9.78 Å². The first-order valence-electron chi connectivity index (χ1n) is 3.53. The average Bonchev–Trinajstić information content (AvgIpc) is 2.30. The van der Waals surface area contributed by atoms with Gasteiger partial charge in [-0.3, -0.25) is 4.68 Å². The highest BCUT2D eigenvalue weighted by Gasteiger charge is 2.33. The Hall–Kier alpha value is -1.00. The summed E-state index contributed by atoms with van der Waals surface area (Å²) in [7, 11) is 0. The summed E-state index contributed by atoms with van der Waals surface area (Å²) in [4.78, 5) is 0. The van der Waals surface area contributed by atoms with Crippen molar-refractivity contribution in [1.29, 1.82) is 0 Å². The smallest absolute Gasteiger partial charge is 0.270 e. The molecule has 1 aromatic heterocycles. The van der Waals surface area contributed by atoms with Crippen LogP contribution in [0, 0.1) is 0 Å². The Bertz CT molecular complexity index is 262. The first-order valence-corrected chi connectivity index (χ1v) is 3.53. The van der Waals surface area contributed by atoms with E-state index in [0.29, 0.717) is 0 Å². The summed E-state index contributed by atoms with van der Waals surface area (Å²) in [5.41, 5.74) is -0.837. The lowest BCUT2D eigenvalue weighted by Crippen LogP contribution is -2.08. The zero-order valence-electron chi connectivity index (χ0n) is 6.76. The summed E-state index contributed by atoms with van der Waals surface area (Å²) in [6.07, 6.45) is -3.01. The third-order valence-corrected chi connectivity index (χ3v) is 1.43. The predicted molar refractivity (Wildman–Crippen MR) is 37.6 cm³/mol. The van der Waals surface area contributed by atoms with Gasteiger partial charge in [-0.2, -0.15) is 18.3 Å². The standard InChI is InChI=1S/C7H9F3N2/c1-5(2)12-4-3-6(11-12)7(8,9)10/h3-5H,1-2H3. The molecule has 0 bridgehead atoms. The van der Waals surface area contributed by atoms with E-state index >= 15 is 0 Å². The molecule has 1 aromatic rings. The van der Waals surface area contributed by atoms with Crippen LogP contribution in [0.1, 0.15) is 25.6 Å². The SMILES string of the molecule is CC(C)n1ccc(C(F)(F)F)n1. The number of nitrogens with zero attached hydrogens (tertiary/aromatic N) is 2. The van der Waals surface area contributed by atoms with Crippen LogP contribution in [0.3, 0.4) is 0 Å². The highest BCUT2D eigenvalue weighted by molar-refractivity contribution is 5.03. The second-order valence-corrected chi connectivity index (χ2v) is 2.77. The Kier molecular flexibility index (Phi) is 2.12. The Morgan fingerprint density at radius 2 is 2.00 bits per heavy atom. The Labute approximate surface area is 68.0 Å². The first kappa shape index (κ1) is 9.09. The number of alkyl halides is 3. The van der Waals surface area contributed by atoms with Gasteiger partial charge in [0.15, 0.2) is 5.69 Å². The molecule has 0 aliphatic heterocycles. The molecule has 0 radical (unpaired) electrons. The van der Waals surface area contributed by atoms with Gasteiger partial charge < -0.3 is 0 Å². The van der Waals surface area contributed by atoms with E-state index in [4.69, 9.17) is 0 Å². The minimum Gasteiger partial charge on any atom is -0.270 e. The third-order valence-electron chi connectivity index (χ3n) is 1.43. The fourth-order valence-electron chi connectivity index (χ4n) is 0.777. The van der Waals surface area contributed by atoms with Crippen molar-refractivity contribution in [2.24, 2.45) is 0 Å². The molecule has 1 heterocycles. The van der Waals surface area contributed by atoms with E-state index in [1.54, 1.807) is 13.8 Å². The van der Waals surface area contributed by atoms with E-state index in [0.717, 1.165) is 6.07 Å². The molecule has 2 nitrogen and oxygen atoms in total. The lowest BCUT2D eigenvalue weighted by Gasteiger charge is -2.04. The van der Waals surface area contributed by atoms with Crippen LogP contribution in [0.15, 0.2) is 12.3 Å². The highest BCUT2D eigenvalue weighted by atomic mass is 19.4. The van der Waals surface area contributed by atoms with Crippen LogP contribution in [-0.2, 0) is 6.18 Å². The van der Waals surface area contributed by atoms with Crippen molar-refractivity contribution in [2.45, 2.75) is 26.1 Å². The maximum absolute atomic E-state index is 12.0. The minimum absolute atomic E-state index is 0.0406. The van der Waals surface area contributed by atoms with Crippen molar-refractivity contribution in [3.8, 4) is 0 Å². The zero-order valence-corrected chi connectivity index (χ0v) is 6.76. The monoisotopic (exact) mass is 178 g/mol. The van der Waals surface area contributed by atoms with Crippen molar-refractivity contribution >= 4 is 0 Å². The van der Waals surface area contributed by atoms with Crippen molar-refractivity contribution in [1.82, 2.24) is 9.78 Å². The van der Waals surface area contributed by atoms with Crippen LogP contribution in [0.5, 0.6) is 0 Å². The van der Waals surface area contributed by atoms with Gasteiger partial charge in [0.25, 0.3) is 0 Å². The Balaban J connectivity index is 2.92. The molecule has 1 rings (SSSR count). The number of aromatic nitrogens is 2. The summed E-state index contributed by atoms with van der Waals surface area (Å²) in [6.45, 7) is 3.54.